The van der Waals surface area contributed by atoms with Gasteiger partial charge in [-0.2, -0.15) is 0 Å². The van der Waals surface area contributed by atoms with Crippen LogP contribution in [0.25, 0.3) is 0 Å². The first-order valence-electron chi connectivity index (χ1n) is 8.84. The molecule has 0 aliphatic heterocycles. The minimum Gasteiger partial charge on any atom is -0.497 e. The van der Waals surface area contributed by atoms with Gasteiger partial charge in [0.15, 0.2) is 0 Å². The number of carbonyl (C=O) groups excluding carboxylic acids is 1. The lowest BCUT2D eigenvalue weighted by Gasteiger charge is -2.25. The molecule has 1 aliphatic carbocycles. The number of carboxylic acid groups (broad SMARTS) is 1. The van der Waals surface area contributed by atoms with Gasteiger partial charge in [-0.05, 0) is 36.5 Å². The lowest BCUT2D eigenvalue weighted by Crippen LogP contribution is -2.47. The zero-order valence-electron chi connectivity index (χ0n) is 15.2. The molecular weight excluding hydrogens is 320 g/mol. The third kappa shape index (κ3) is 5.46. The second-order valence-electron chi connectivity index (χ2n) is 6.68. The Bertz CT molecular complexity index is 584. The van der Waals surface area contributed by atoms with Gasteiger partial charge in [0.25, 0.3) is 0 Å². The molecule has 1 fully saturated rings. The van der Waals surface area contributed by atoms with Crippen LogP contribution in [-0.2, 0) is 16.1 Å². The maximum Gasteiger partial charge on any atom is 0.320 e. The van der Waals surface area contributed by atoms with Crippen LogP contribution in [0.5, 0.6) is 5.75 Å². The number of rotatable bonds is 10. The number of carbonyl (C=O) groups is 2. The molecule has 1 saturated carbocycles. The number of hydrogen-bond donors (Lipinski definition) is 2. The molecule has 138 valence electrons. The summed E-state index contributed by atoms with van der Waals surface area (Å²) in [5.74, 6) is -0.197. The van der Waals surface area contributed by atoms with Crippen molar-refractivity contribution in [2.75, 3.05) is 13.7 Å². The Morgan fingerprint density at radius 1 is 1.32 bits per heavy atom. The van der Waals surface area contributed by atoms with E-state index in [1.54, 1.807) is 7.11 Å². The molecule has 6 nitrogen and oxygen atoms in total. The normalized spacial score (nSPS) is 16.1. The zero-order chi connectivity index (χ0) is 18.4. The van der Waals surface area contributed by atoms with Crippen molar-refractivity contribution in [3.05, 3.63) is 29.8 Å². The first-order valence-corrected chi connectivity index (χ1v) is 8.84. The quantitative estimate of drug-likeness (QED) is 0.678. The van der Waals surface area contributed by atoms with Gasteiger partial charge < -0.3 is 14.7 Å². The second-order valence-corrected chi connectivity index (χ2v) is 6.68. The highest BCUT2D eigenvalue weighted by Gasteiger charge is 2.33. The maximum absolute atomic E-state index is 12.6. The van der Waals surface area contributed by atoms with Crippen LogP contribution >= 0.6 is 0 Å². The molecule has 6 heteroatoms. The first-order chi connectivity index (χ1) is 12.0. The average molecular weight is 348 g/mol. The summed E-state index contributed by atoms with van der Waals surface area (Å²) in [6.45, 7) is 4.42. The number of methoxy groups -OCH3 is 1. The average Bonchev–Trinajstić information content (AvgIpc) is 3.44. The van der Waals surface area contributed by atoms with Crippen molar-refractivity contribution in [3.8, 4) is 5.75 Å². The lowest BCUT2D eigenvalue weighted by molar-refractivity contribution is -0.141. The van der Waals surface area contributed by atoms with Crippen molar-refractivity contribution in [3.63, 3.8) is 0 Å². The van der Waals surface area contributed by atoms with E-state index in [4.69, 9.17) is 4.74 Å². The number of ether oxygens (including phenoxy) is 1. The van der Waals surface area contributed by atoms with Gasteiger partial charge in [-0.1, -0.05) is 32.4 Å². The topological polar surface area (TPSA) is 78.9 Å². The van der Waals surface area contributed by atoms with Gasteiger partial charge in [-0.15, -0.1) is 0 Å². The Balaban J connectivity index is 1.96. The van der Waals surface area contributed by atoms with E-state index in [-0.39, 0.29) is 24.4 Å². The Labute approximate surface area is 149 Å². The third-order valence-corrected chi connectivity index (χ3v) is 4.77. The monoisotopic (exact) mass is 348 g/mol. The molecule has 0 aromatic heterocycles. The molecule has 2 rings (SSSR count). The fraction of sp³-hybridized carbons (Fsp3) is 0.579. The van der Waals surface area contributed by atoms with Crippen LogP contribution in [0.15, 0.2) is 24.3 Å². The van der Waals surface area contributed by atoms with Gasteiger partial charge in [0.2, 0.25) is 5.91 Å². The predicted molar refractivity (Wildman–Crippen MR) is 95.4 cm³/mol. The summed E-state index contributed by atoms with van der Waals surface area (Å²) in [4.78, 5) is 25.9. The van der Waals surface area contributed by atoms with Crippen molar-refractivity contribution >= 4 is 11.9 Å². The number of carboxylic acids is 1. The number of aliphatic carboxylic acids is 1. The molecule has 1 amide bonds. The van der Waals surface area contributed by atoms with Crippen molar-refractivity contribution in [1.82, 2.24) is 10.2 Å². The van der Waals surface area contributed by atoms with E-state index >= 15 is 0 Å². The molecule has 2 N–H and O–H groups in total. The number of nitrogens with zero attached hydrogens (tertiary/aromatic N) is 1. The van der Waals surface area contributed by atoms with E-state index in [0.29, 0.717) is 6.54 Å². The van der Waals surface area contributed by atoms with Crippen LogP contribution in [0.2, 0.25) is 0 Å². The predicted octanol–water partition coefficient (Wildman–Crippen LogP) is 2.28. The van der Waals surface area contributed by atoms with Crippen LogP contribution in [0.1, 0.15) is 38.7 Å². The lowest BCUT2D eigenvalue weighted by atomic mass is 9.99. The summed E-state index contributed by atoms with van der Waals surface area (Å²) in [6.07, 6.45) is 2.77. The smallest absolute Gasteiger partial charge is 0.320 e. The Morgan fingerprint density at radius 3 is 2.44 bits per heavy atom. The fourth-order valence-electron chi connectivity index (χ4n) is 2.80. The number of nitrogens with one attached hydrogen (secondary N) is 1. The highest BCUT2D eigenvalue weighted by molar-refractivity contribution is 5.80. The van der Waals surface area contributed by atoms with Crippen molar-refractivity contribution in [1.29, 1.82) is 0 Å². The molecule has 1 aliphatic rings. The van der Waals surface area contributed by atoms with Gasteiger partial charge in [0.05, 0.1) is 13.7 Å². The van der Waals surface area contributed by atoms with Crippen molar-refractivity contribution in [2.24, 2.45) is 5.92 Å². The largest absolute Gasteiger partial charge is 0.497 e. The summed E-state index contributed by atoms with van der Waals surface area (Å²) in [6, 6.07) is 7.24. The minimum atomic E-state index is -0.907. The van der Waals surface area contributed by atoms with Crippen LogP contribution in [0.3, 0.4) is 0 Å². The molecule has 0 saturated heterocycles. The number of amides is 1. The Morgan fingerprint density at radius 2 is 1.96 bits per heavy atom. The van der Waals surface area contributed by atoms with Crippen LogP contribution in [0.4, 0.5) is 0 Å². The van der Waals surface area contributed by atoms with Gasteiger partial charge in [-0.25, -0.2) is 0 Å². The van der Waals surface area contributed by atoms with E-state index in [2.05, 4.69) is 5.32 Å². The molecule has 0 spiro atoms. The van der Waals surface area contributed by atoms with E-state index < -0.39 is 12.0 Å². The molecule has 1 aromatic rings. The van der Waals surface area contributed by atoms with E-state index in [0.717, 1.165) is 30.6 Å². The molecule has 0 bridgehead atoms. The summed E-state index contributed by atoms with van der Waals surface area (Å²) in [5, 5.41) is 12.3. The summed E-state index contributed by atoms with van der Waals surface area (Å²) in [5.41, 5.74) is 1.04. The van der Waals surface area contributed by atoms with Crippen LogP contribution < -0.4 is 10.1 Å². The fourth-order valence-corrected chi connectivity index (χ4v) is 2.80. The maximum atomic E-state index is 12.6. The molecule has 0 unspecified atom stereocenters. The standard InChI is InChI=1S/C19H28N2O4/c1-4-13(2)18(19(23)24)20-11-17(22)21(15-7-8-15)12-14-5-9-16(25-3)10-6-14/h5-6,9-10,13,15,18,20H,4,7-8,11-12H2,1-3H3,(H,23,24)/t13-,18-/m0/s1. The third-order valence-electron chi connectivity index (χ3n) is 4.77. The van der Waals surface area contributed by atoms with E-state index in [1.807, 2.05) is 43.0 Å². The number of benzene rings is 1. The van der Waals surface area contributed by atoms with Crippen molar-refractivity contribution in [2.45, 2.75) is 51.7 Å². The Kier molecular flexibility index (Phi) is 6.82. The molecule has 0 radical (unpaired) electrons. The SMILES string of the molecule is CC[C@H](C)[C@H](NCC(=O)N(Cc1ccc(OC)cc1)C1CC1)C(=O)O. The minimum absolute atomic E-state index is 0.0266. The number of hydrogen-bond acceptors (Lipinski definition) is 4. The van der Waals surface area contributed by atoms with Crippen LogP contribution in [0, 0.1) is 5.92 Å². The van der Waals surface area contributed by atoms with Gasteiger partial charge in [0, 0.05) is 12.6 Å². The summed E-state index contributed by atoms with van der Waals surface area (Å²) < 4.78 is 5.16. The Hall–Kier alpha value is -2.08. The van der Waals surface area contributed by atoms with E-state index in [1.165, 1.54) is 0 Å². The molecule has 1 aromatic carbocycles. The molecule has 0 heterocycles. The molecule has 25 heavy (non-hydrogen) atoms. The van der Waals surface area contributed by atoms with Crippen molar-refractivity contribution < 1.29 is 19.4 Å². The van der Waals surface area contributed by atoms with E-state index in [9.17, 15) is 14.7 Å². The molecule has 2 atom stereocenters. The second kappa shape index (κ2) is 8.85. The first kappa shape index (κ1) is 19.2. The van der Waals surface area contributed by atoms with Gasteiger partial charge in [-0.3, -0.25) is 14.9 Å². The highest BCUT2D eigenvalue weighted by atomic mass is 16.5. The zero-order valence-corrected chi connectivity index (χ0v) is 15.2. The van der Waals surface area contributed by atoms with Crippen LogP contribution in [-0.4, -0.2) is 47.6 Å². The highest BCUT2D eigenvalue weighted by Crippen LogP contribution is 2.28. The van der Waals surface area contributed by atoms with Gasteiger partial charge in [0.1, 0.15) is 11.8 Å². The molecular formula is C19H28N2O4. The summed E-state index contributed by atoms with van der Waals surface area (Å²) >= 11 is 0. The van der Waals surface area contributed by atoms with Gasteiger partial charge >= 0.3 is 5.97 Å². The summed E-state index contributed by atoms with van der Waals surface area (Å²) in [7, 11) is 1.62.